The summed E-state index contributed by atoms with van der Waals surface area (Å²) in [5.41, 5.74) is 2.83. The van der Waals surface area contributed by atoms with Gasteiger partial charge in [-0.2, -0.15) is 0 Å². The number of hydrogen-bond donors (Lipinski definition) is 0. The van der Waals surface area contributed by atoms with Crippen molar-refractivity contribution >= 4 is 16.7 Å². The molecule has 5 nitrogen and oxygen atoms in total. The van der Waals surface area contributed by atoms with E-state index in [1.54, 1.807) is 29.9 Å². The zero-order valence-electron chi connectivity index (χ0n) is 10.7. The van der Waals surface area contributed by atoms with E-state index >= 15 is 0 Å². The minimum absolute atomic E-state index is 0.107. The summed E-state index contributed by atoms with van der Waals surface area (Å²) < 4.78 is 1.61. The summed E-state index contributed by atoms with van der Waals surface area (Å²) in [4.78, 5) is 25.6. The van der Waals surface area contributed by atoms with E-state index in [0.717, 1.165) is 17.0 Å². The quantitative estimate of drug-likeness (QED) is 0.483. The van der Waals surface area contributed by atoms with Crippen LogP contribution in [0.3, 0.4) is 0 Å². The van der Waals surface area contributed by atoms with Crippen molar-refractivity contribution in [1.29, 1.82) is 0 Å². The van der Waals surface area contributed by atoms with Gasteiger partial charge >= 0.3 is 0 Å². The highest BCUT2D eigenvalue weighted by Gasteiger charge is 2.27. The van der Waals surface area contributed by atoms with Crippen molar-refractivity contribution < 1.29 is 0 Å². The molecule has 0 spiro atoms. The molecule has 0 radical (unpaired) electrons. The summed E-state index contributed by atoms with van der Waals surface area (Å²) in [7, 11) is 1.70. The van der Waals surface area contributed by atoms with Crippen LogP contribution >= 0.6 is 0 Å². The molecule has 1 aromatic carbocycles. The van der Waals surface area contributed by atoms with Crippen LogP contribution in [0.25, 0.3) is 16.7 Å². The Balaban J connectivity index is 2.24. The zero-order chi connectivity index (χ0) is 13.7. The van der Waals surface area contributed by atoms with Gasteiger partial charge in [-0.05, 0) is 18.2 Å². The van der Waals surface area contributed by atoms with Crippen molar-refractivity contribution in [3.05, 3.63) is 64.3 Å². The smallest absolute Gasteiger partial charge is 0.267 e. The summed E-state index contributed by atoms with van der Waals surface area (Å²) >= 11 is 0. The number of nitrogens with zero attached hydrogens (tertiary/aromatic N) is 4. The van der Waals surface area contributed by atoms with Gasteiger partial charge in [0.05, 0.1) is 11.1 Å². The summed E-state index contributed by atoms with van der Waals surface area (Å²) in [5.74, 6) is 0.560. The SMILES string of the molecule is C/N=C1\c2ccccc2-n2c1nc1ncccc1c2=O. The molecule has 2 aromatic heterocycles. The van der Waals surface area contributed by atoms with E-state index in [9.17, 15) is 4.79 Å². The number of para-hydroxylation sites is 1. The average molecular weight is 262 g/mol. The third-order valence-corrected chi connectivity index (χ3v) is 3.48. The number of aliphatic imine (C=N–C) groups is 1. The fourth-order valence-corrected chi connectivity index (χ4v) is 2.61. The number of aromatic nitrogens is 3. The van der Waals surface area contributed by atoms with Gasteiger partial charge in [-0.25, -0.2) is 9.97 Å². The molecular formula is C15H10N4O. The molecule has 1 aliphatic heterocycles. The fraction of sp³-hybridized carbons (Fsp3) is 0.0667. The lowest BCUT2D eigenvalue weighted by Crippen LogP contribution is -2.22. The molecule has 0 amide bonds. The molecule has 3 aromatic rings. The van der Waals surface area contributed by atoms with Gasteiger partial charge in [-0.3, -0.25) is 14.4 Å². The van der Waals surface area contributed by atoms with Crippen LogP contribution in [-0.2, 0) is 0 Å². The molecule has 0 fully saturated rings. The predicted octanol–water partition coefficient (Wildman–Crippen LogP) is 1.56. The maximum atomic E-state index is 12.7. The monoisotopic (exact) mass is 262 g/mol. The molecule has 0 saturated carbocycles. The van der Waals surface area contributed by atoms with Crippen LogP contribution in [0.4, 0.5) is 0 Å². The van der Waals surface area contributed by atoms with E-state index < -0.39 is 0 Å². The van der Waals surface area contributed by atoms with Gasteiger partial charge in [-0.1, -0.05) is 18.2 Å². The summed E-state index contributed by atoms with van der Waals surface area (Å²) in [5, 5.41) is 0.517. The lowest BCUT2D eigenvalue weighted by molar-refractivity contribution is 0.959. The molecule has 20 heavy (non-hydrogen) atoms. The Bertz CT molecular complexity index is 940. The van der Waals surface area contributed by atoms with Crippen LogP contribution < -0.4 is 5.56 Å². The standard InChI is InChI=1S/C15H10N4O/c1-16-12-9-5-2-3-7-11(9)19-14(12)18-13-10(15(19)20)6-4-8-17-13/h2-8H,1H3/b16-12+. The summed E-state index contributed by atoms with van der Waals surface area (Å²) in [6, 6.07) is 11.2. The summed E-state index contributed by atoms with van der Waals surface area (Å²) in [6.45, 7) is 0. The van der Waals surface area contributed by atoms with Gasteiger partial charge in [0.2, 0.25) is 0 Å². The van der Waals surface area contributed by atoms with Crippen molar-refractivity contribution in [2.45, 2.75) is 0 Å². The second-order valence-corrected chi connectivity index (χ2v) is 4.54. The first kappa shape index (κ1) is 11.0. The highest BCUT2D eigenvalue weighted by atomic mass is 16.1. The largest absolute Gasteiger partial charge is 0.284 e. The van der Waals surface area contributed by atoms with Crippen LogP contribution in [0, 0.1) is 0 Å². The first-order valence-corrected chi connectivity index (χ1v) is 6.26. The van der Waals surface area contributed by atoms with Gasteiger partial charge in [0, 0.05) is 18.8 Å². The number of rotatable bonds is 0. The molecular weight excluding hydrogens is 252 g/mol. The second kappa shape index (κ2) is 3.84. The molecule has 0 N–H and O–H groups in total. The van der Waals surface area contributed by atoms with Crippen LogP contribution in [0.1, 0.15) is 11.4 Å². The van der Waals surface area contributed by atoms with E-state index in [2.05, 4.69) is 15.0 Å². The molecule has 3 heterocycles. The van der Waals surface area contributed by atoms with E-state index in [1.165, 1.54) is 0 Å². The topological polar surface area (TPSA) is 60.1 Å². The third-order valence-electron chi connectivity index (χ3n) is 3.48. The van der Waals surface area contributed by atoms with Gasteiger partial charge in [0.1, 0.15) is 5.71 Å². The number of pyridine rings is 1. The summed E-state index contributed by atoms with van der Waals surface area (Å²) in [6.07, 6.45) is 1.64. The van der Waals surface area contributed by atoms with Crippen molar-refractivity contribution in [2.75, 3.05) is 7.05 Å². The van der Waals surface area contributed by atoms with E-state index in [1.807, 2.05) is 24.3 Å². The minimum atomic E-state index is -0.107. The molecule has 0 saturated heterocycles. The van der Waals surface area contributed by atoms with Crippen molar-refractivity contribution in [1.82, 2.24) is 14.5 Å². The highest BCUT2D eigenvalue weighted by Crippen LogP contribution is 2.25. The van der Waals surface area contributed by atoms with Gasteiger partial charge in [0.25, 0.3) is 5.56 Å². The molecule has 5 heteroatoms. The first-order chi connectivity index (χ1) is 9.81. The third kappa shape index (κ3) is 1.26. The Labute approximate surface area is 114 Å². The second-order valence-electron chi connectivity index (χ2n) is 4.54. The van der Waals surface area contributed by atoms with Crippen molar-refractivity contribution in [2.24, 2.45) is 4.99 Å². The van der Waals surface area contributed by atoms with E-state index in [4.69, 9.17) is 0 Å². The number of benzene rings is 1. The van der Waals surface area contributed by atoms with Crippen LogP contribution in [0.2, 0.25) is 0 Å². The Morgan fingerprint density at radius 2 is 2.00 bits per heavy atom. The van der Waals surface area contributed by atoms with E-state index in [0.29, 0.717) is 16.9 Å². The van der Waals surface area contributed by atoms with Gasteiger partial charge in [0.15, 0.2) is 11.5 Å². The molecule has 0 unspecified atom stereocenters. The minimum Gasteiger partial charge on any atom is -0.284 e. The predicted molar refractivity (Wildman–Crippen MR) is 76.7 cm³/mol. The maximum Gasteiger partial charge on any atom is 0.267 e. The Hall–Kier alpha value is -2.82. The first-order valence-electron chi connectivity index (χ1n) is 6.26. The zero-order valence-corrected chi connectivity index (χ0v) is 10.7. The normalized spacial score (nSPS) is 14.6. The Kier molecular flexibility index (Phi) is 2.12. The molecule has 1 aliphatic rings. The Morgan fingerprint density at radius 1 is 1.15 bits per heavy atom. The maximum absolute atomic E-state index is 12.7. The molecule has 96 valence electrons. The molecule has 4 rings (SSSR count). The molecule has 0 aliphatic carbocycles. The lowest BCUT2D eigenvalue weighted by atomic mass is 10.1. The molecule has 0 bridgehead atoms. The van der Waals surface area contributed by atoms with Crippen LogP contribution in [-0.4, -0.2) is 27.3 Å². The van der Waals surface area contributed by atoms with Crippen molar-refractivity contribution in [3.8, 4) is 5.69 Å². The number of hydrogen-bond acceptors (Lipinski definition) is 4. The lowest BCUT2D eigenvalue weighted by Gasteiger charge is -2.04. The van der Waals surface area contributed by atoms with Gasteiger partial charge in [-0.15, -0.1) is 0 Å². The van der Waals surface area contributed by atoms with Crippen LogP contribution in [0.5, 0.6) is 0 Å². The fourth-order valence-electron chi connectivity index (χ4n) is 2.61. The average Bonchev–Trinajstić information content (AvgIpc) is 2.81. The number of fused-ring (bicyclic) bond motifs is 4. The highest BCUT2D eigenvalue weighted by molar-refractivity contribution is 6.16. The van der Waals surface area contributed by atoms with Gasteiger partial charge < -0.3 is 0 Å². The molecule has 0 atom stereocenters. The Morgan fingerprint density at radius 3 is 2.85 bits per heavy atom. The van der Waals surface area contributed by atoms with E-state index in [-0.39, 0.29) is 5.56 Å². The van der Waals surface area contributed by atoms with Crippen LogP contribution in [0.15, 0.2) is 52.4 Å². The van der Waals surface area contributed by atoms with Crippen molar-refractivity contribution in [3.63, 3.8) is 0 Å².